The van der Waals surface area contributed by atoms with Crippen LogP contribution in [0.3, 0.4) is 0 Å². The fourth-order valence-electron chi connectivity index (χ4n) is 2.09. The highest BCUT2D eigenvalue weighted by Gasteiger charge is 2.17. The quantitative estimate of drug-likeness (QED) is 0.794. The van der Waals surface area contributed by atoms with Gasteiger partial charge in [-0.05, 0) is 25.3 Å². The minimum Gasteiger partial charge on any atom is -0.334 e. The summed E-state index contributed by atoms with van der Waals surface area (Å²) < 4.78 is 1.75. The fraction of sp³-hybridized carbons (Fsp3) is 0.333. The topological polar surface area (TPSA) is 38.1 Å². The van der Waals surface area contributed by atoms with E-state index in [0.717, 1.165) is 16.0 Å². The average Bonchev–Trinajstić information content (AvgIpc) is 2.89. The Kier molecular flexibility index (Phi) is 4.84. The first-order valence-corrected chi connectivity index (χ1v) is 7.78. The molecule has 0 atom stereocenters. The lowest BCUT2D eigenvalue weighted by molar-refractivity contribution is 0.0749. The van der Waals surface area contributed by atoms with Crippen LogP contribution in [0.2, 0.25) is 0 Å². The van der Waals surface area contributed by atoms with E-state index in [1.165, 1.54) is 0 Å². The van der Waals surface area contributed by atoms with Crippen molar-refractivity contribution in [1.82, 2.24) is 14.7 Å². The van der Waals surface area contributed by atoms with Crippen LogP contribution in [-0.2, 0) is 13.6 Å². The maximum Gasteiger partial charge on any atom is 0.255 e. The van der Waals surface area contributed by atoms with E-state index in [1.807, 2.05) is 55.6 Å². The molecule has 1 heterocycles. The smallest absolute Gasteiger partial charge is 0.255 e. The third-order valence-electron chi connectivity index (χ3n) is 3.14. The number of benzene rings is 1. The normalized spacial score (nSPS) is 10.6. The molecule has 0 radical (unpaired) electrons. The molecule has 0 aliphatic rings. The molecule has 0 fully saturated rings. The molecule has 4 nitrogen and oxygen atoms in total. The monoisotopic (exact) mass is 289 g/mol. The van der Waals surface area contributed by atoms with E-state index >= 15 is 0 Å². The van der Waals surface area contributed by atoms with E-state index in [2.05, 4.69) is 5.10 Å². The Balaban J connectivity index is 2.20. The summed E-state index contributed by atoms with van der Waals surface area (Å²) in [5, 5.41) is 4.14. The molecule has 2 aromatic rings. The molecule has 0 aliphatic heterocycles. The highest BCUT2D eigenvalue weighted by atomic mass is 32.2. The van der Waals surface area contributed by atoms with Gasteiger partial charge in [0.1, 0.15) is 0 Å². The molecule has 0 aliphatic carbocycles. The minimum atomic E-state index is 0.0707. The minimum absolute atomic E-state index is 0.0707. The molecule has 0 saturated heterocycles. The molecule has 2 rings (SSSR count). The molecule has 5 heteroatoms. The van der Waals surface area contributed by atoms with E-state index in [1.54, 1.807) is 22.6 Å². The van der Waals surface area contributed by atoms with Gasteiger partial charge in [-0.1, -0.05) is 12.1 Å². The van der Waals surface area contributed by atoms with E-state index in [9.17, 15) is 4.79 Å². The van der Waals surface area contributed by atoms with Gasteiger partial charge in [-0.3, -0.25) is 9.48 Å². The summed E-state index contributed by atoms with van der Waals surface area (Å²) in [5.74, 6) is 0.0707. The highest BCUT2D eigenvalue weighted by molar-refractivity contribution is 7.98. The Bertz CT molecular complexity index is 594. The Morgan fingerprint density at radius 3 is 2.75 bits per heavy atom. The number of rotatable bonds is 5. The molecule has 0 saturated carbocycles. The van der Waals surface area contributed by atoms with Crippen molar-refractivity contribution in [3.8, 4) is 0 Å². The molecule has 0 N–H and O–H groups in total. The molecule has 106 valence electrons. The van der Waals surface area contributed by atoms with Crippen molar-refractivity contribution in [3.05, 3.63) is 47.8 Å². The molecular weight excluding hydrogens is 270 g/mol. The van der Waals surface area contributed by atoms with Crippen molar-refractivity contribution in [3.63, 3.8) is 0 Å². The second-order valence-corrected chi connectivity index (χ2v) is 5.39. The summed E-state index contributed by atoms with van der Waals surface area (Å²) in [6, 6.07) is 7.74. The van der Waals surface area contributed by atoms with Gasteiger partial charge in [-0.2, -0.15) is 5.10 Å². The maximum atomic E-state index is 12.7. The maximum absolute atomic E-state index is 12.7. The van der Waals surface area contributed by atoms with Crippen molar-refractivity contribution in [2.24, 2.45) is 7.05 Å². The summed E-state index contributed by atoms with van der Waals surface area (Å²) in [4.78, 5) is 15.5. The number of hydrogen-bond acceptors (Lipinski definition) is 3. The first-order chi connectivity index (χ1) is 9.65. The van der Waals surface area contributed by atoms with Gasteiger partial charge in [-0.25, -0.2) is 0 Å². The number of nitrogens with zero attached hydrogens (tertiary/aromatic N) is 3. The lowest BCUT2D eigenvalue weighted by Gasteiger charge is -2.21. The molecule has 1 aromatic carbocycles. The Morgan fingerprint density at radius 2 is 2.15 bits per heavy atom. The van der Waals surface area contributed by atoms with Crippen LogP contribution in [0.4, 0.5) is 0 Å². The van der Waals surface area contributed by atoms with E-state index in [0.29, 0.717) is 13.1 Å². The fourth-order valence-corrected chi connectivity index (χ4v) is 2.68. The highest BCUT2D eigenvalue weighted by Crippen LogP contribution is 2.22. The van der Waals surface area contributed by atoms with Gasteiger partial charge < -0.3 is 4.90 Å². The second kappa shape index (κ2) is 6.61. The number of aromatic nitrogens is 2. The second-order valence-electron chi connectivity index (χ2n) is 4.54. The van der Waals surface area contributed by atoms with Crippen LogP contribution in [0.5, 0.6) is 0 Å². The zero-order chi connectivity index (χ0) is 14.5. The van der Waals surface area contributed by atoms with Crippen LogP contribution in [-0.4, -0.2) is 33.4 Å². The van der Waals surface area contributed by atoms with Gasteiger partial charge >= 0.3 is 0 Å². The van der Waals surface area contributed by atoms with Gasteiger partial charge in [0.15, 0.2) is 0 Å². The summed E-state index contributed by atoms with van der Waals surface area (Å²) in [6.45, 7) is 3.26. The van der Waals surface area contributed by atoms with Crippen molar-refractivity contribution < 1.29 is 4.79 Å². The molecule has 0 unspecified atom stereocenters. The molecule has 0 spiro atoms. The van der Waals surface area contributed by atoms with Gasteiger partial charge in [0, 0.05) is 36.8 Å². The third-order valence-corrected chi connectivity index (χ3v) is 3.93. The van der Waals surface area contributed by atoms with Crippen LogP contribution in [0.1, 0.15) is 22.8 Å². The van der Waals surface area contributed by atoms with Gasteiger partial charge in [0.25, 0.3) is 5.91 Å². The van der Waals surface area contributed by atoms with E-state index < -0.39 is 0 Å². The number of carbonyl (C=O) groups is 1. The Hall–Kier alpha value is -1.75. The molecule has 1 amide bonds. The predicted molar refractivity (Wildman–Crippen MR) is 81.8 cm³/mol. The predicted octanol–water partition coefficient (Wildman–Crippen LogP) is 2.80. The van der Waals surface area contributed by atoms with Crippen LogP contribution in [0.15, 0.2) is 41.6 Å². The lowest BCUT2D eigenvalue weighted by Crippen LogP contribution is -2.30. The summed E-state index contributed by atoms with van der Waals surface area (Å²) >= 11 is 1.60. The van der Waals surface area contributed by atoms with Gasteiger partial charge in [-0.15, -0.1) is 11.8 Å². The standard InChI is InChI=1S/C15H19N3OS/c1-4-18(11-12-9-16-17(2)10-12)15(19)13-7-5-6-8-14(13)20-3/h5-10H,4,11H2,1-3H3. The van der Waals surface area contributed by atoms with Gasteiger partial charge in [0.05, 0.1) is 11.8 Å². The van der Waals surface area contributed by atoms with E-state index in [-0.39, 0.29) is 5.91 Å². The number of hydrogen-bond donors (Lipinski definition) is 0. The Morgan fingerprint density at radius 1 is 1.40 bits per heavy atom. The SMILES string of the molecule is CCN(Cc1cnn(C)c1)C(=O)c1ccccc1SC. The first-order valence-electron chi connectivity index (χ1n) is 6.55. The third kappa shape index (κ3) is 3.22. The number of thioether (sulfide) groups is 1. The molecule has 20 heavy (non-hydrogen) atoms. The Labute approximate surface area is 123 Å². The van der Waals surface area contributed by atoms with Crippen molar-refractivity contribution in [2.75, 3.05) is 12.8 Å². The van der Waals surface area contributed by atoms with Crippen LogP contribution in [0, 0.1) is 0 Å². The van der Waals surface area contributed by atoms with Crippen molar-refractivity contribution in [2.45, 2.75) is 18.4 Å². The molecule has 1 aromatic heterocycles. The summed E-state index contributed by atoms with van der Waals surface area (Å²) in [6.07, 6.45) is 5.73. The first kappa shape index (κ1) is 14.7. The van der Waals surface area contributed by atoms with Crippen molar-refractivity contribution >= 4 is 17.7 Å². The van der Waals surface area contributed by atoms with Crippen molar-refractivity contribution in [1.29, 1.82) is 0 Å². The van der Waals surface area contributed by atoms with Crippen LogP contribution >= 0.6 is 11.8 Å². The number of amides is 1. The lowest BCUT2D eigenvalue weighted by atomic mass is 10.2. The summed E-state index contributed by atoms with van der Waals surface area (Å²) in [5.41, 5.74) is 1.81. The van der Waals surface area contributed by atoms with Crippen LogP contribution < -0.4 is 0 Å². The molecule has 0 bridgehead atoms. The van der Waals surface area contributed by atoms with Crippen LogP contribution in [0.25, 0.3) is 0 Å². The number of carbonyl (C=O) groups excluding carboxylic acids is 1. The van der Waals surface area contributed by atoms with E-state index in [4.69, 9.17) is 0 Å². The largest absolute Gasteiger partial charge is 0.334 e. The number of aryl methyl sites for hydroxylation is 1. The zero-order valence-corrected chi connectivity index (χ0v) is 12.9. The zero-order valence-electron chi connectivity index (χ0n) is 12.0. The van der Waals surface area contributed by atoms with Gasteiger partial charge in [0.2, 0.25) is 0 Å². The summed E-state index contributed by atoms with van der Waals surface area (Å²) in [7, 11) is 1.88. The molecular formula is C15H19N3OS. The average molecular weight is 289 g/mol.